The van der Waals surface area contributed by atoms with Gasteiger partial charge in [0.15, 0.2) is 0 Å². The molecule has 7 rings (SSSR count). The van der Waals surface area contributed by atoms with E-state index >= 15 is 0 Å². The number of fused-ring (bicyclic) bond motifs is 2. The first kappa shape index (κ1) is 37.4. The number of imide groups is 2. The maximum atomic E-state index is 14.3. The van der Waals surface area contributed by atoms with Crippen LogP contribution in [0.15, 0.2) is 36.4 Å². The van der Waals surface area contributed by atoms with Crippen molar-refractivity contribution in [3.8, 4) is 11.5 Å². The molecule has 54 heavy (non-hydrogen) atoms. The van der Waals surface area contributed by atoms with Crippen molar-refractivity contribution in [1.82, 2.24) is 9.80 Å². The topological polar surface area (TPSA) is 197 Å². The highest BCUT2D eigenvalue weighted by Crippen LogP contribution is 2.51. The Labute approximate surface area is 314 Å². The van der Waals surface area contributed by atoms with Crippen LogP contribution in [0.1, 0.15) is 106 Å². The summed E-state index contributed by atoms with van der Waals surface area (Å²) in [6, 6.07) is 10.8. The van der Waals surface area contributed by atoms with Crippen molar-refractivity contribution < 1.29 is 28.7 Å². The van der Waals surface area contributed by atoms with Crippen molar-refractivity contribution in [1.29, 1.82) is 0 Å². The summed E-state index contributed by atoms with van der Waals surface area (Å²) in [5.41, 5.74) is 24.7. The minimum Gasteiger partial charge on any atom is -0.493 e. The van der Waals surface area contributed by atoms with Crippen LogP contribution in [0.5, 0.6) is 11.5 Å². The van der Waals surface area contributed by atoms with Gasteiger partial charge >= 0.3 is 0 Å². The van der Waals surface area contributed by atoms with E-state index in [1.807, 2.05) is 12.1 Å². The molecule has 0 fully saturated rings. The molecule has 0 bridgehead atoms. The zero-order valence-electron chi connectivity index (χ0n) is 30.8. The molecule has 0 spiro atoms. The molecule has 8 N–H and O–H groups in total. The minimum atomic E-state index is -0.367. The molecule has 284 valence electrons. The summed E-state index contributed by atoms with van der Waals surface area (Å²) in [5, 5.41) is 5.37. The van der Waals surface area contributed by atoms with Gasteiger partial charge in [-0.25, -0.2) is 0 Å². The Bertz CT molecular complexity index is 2090. The molecule has 0 unspecified atom stereocenters. The van der Waals surface area contributed by atoms with Crippen molar-refractivity contribution in [2.75, 3.05) is 52.5 Å². The van der Waals surface area contributed by atoms with E-state index < -0.39 is 0 Å². The van der Waals surface area contributed by atoms with Gasteiger partial charge in [-0.15, -0.1) is 0 Å². The third-order valence-electron chi connectivity index (χ3n) is 10.8. The van der Waals surface area contributed by atoms with E-state index in [1.54, 1.807) is 24.3 Å². The Hall–Kier alpha value is -4.88. The number of amides is 4. The molecule has 2 heterocycles. The molecule has 12 nitrogen and oxygen atoms in total. The van der Waals surface area contributed by atoms with Crippen molar-refractivity contribution in [2.24, 2.45) is 22.9 Å². The van der Waals surface area contributed by atoms with E-state index in [0.717, 1.165) is 49.3 Å². The van der Waals surface area contributed by atoms with Gasteiger partial charge in [-0.2, -0.15) is 0 Å². The molecule has 5 aromatic carbocycles. The van der Waals surface area contributed by atoms with Gasteiger partial charge in [0.05, 0.1) is 24.3 Å². The predicted molar refractivity (Wildman–Crippen MR) is 212 cm³/mol. The van der Waals surface area contributed by atoms with Crippen LogP contribution in [0.25, 0.3) is 43.1 Å². The van der Waals surface area contributed by atoms with E-state index in [1.165, 1.54) is 9.80 Å². The zero-order chi connectivity index (χ0) is 37.9. The molecule has 5 aromatic rings. The third kappa shape index (κ3) is 6.40. The van der Waals surface area contributed by atoms with Crippen LogP contribution in [-0.2, 0) is 0 Å². The molecule has 0 saturated heterocycles. The Morgan fingerprint density at radius 2 is 0.778 bits per heavy atom. The van der Waals surface area contributed by atoms with Crippen LogP contribution in [0.3, 0.4) is 0 Å². The van der Waals surface area contributed by atoms with E-state index in [9.17, 15) is 19.2 Å². The lowest BCUT2D eigenvalue weighted by Gasteiger charge is -2.31. The fourth-order valence-electron chi connectivity index (χ4n) is 8.19. The van der Waals surface area contributed by atoms with Crippen LogP contribution < -0.4 is 32.4 Å². The van der Waals surface area contributed by atoms with Gasteiger partial charge in [0.2, 0.25) is 0 Å². The van der Waals surface area contributed by atoms with Crippen molar-refractivity contribution in [2.45, 2.75) is 64.2 Å². The second-order valence-corrected chi connectivity index (χ2v) is 14.3. The zero-order valence-corrected chi connectivity index (χ0v) is 30.8. The summed E-state index contributed by atoms with van der Waals surface area (Å²) in [6.45, 7) is 3.26. The quantitative estimate of drug-likeness (QED) is 0.0347. The highest BCUT2D eigenvalue weighted by molar-refractivity contribution is 6.43. The first-order valence-corrected chi connectivity index (χ1v) is 19.4. The number of nitrogens with zero attached hydrogens (tertiary/aromatic N) is 2. The first-order chi connectivity index (χ1) is 26.4. The summed E-state index contributed by atoms with van der Waals surface area (Å²) < 4.78 is 12.9. The first-order valence-electron chi connectivity index (χ1n) is 19.4. The fourth-order valence-corrected chi connectivity index (χ4v) is 8.19. The fraction of sp³-hybridized carbons (Fsp3) is 0.429. The Morgan fingerprint density at radius 1 is 0.407 bits per heavy atom. The standard InChI is InChI=1S/C42H50N6O6/c43-15-5-1-3-7-19-47-39(49)27-13-11-25-36-32(54-22-10-18-46)24-30-34-28(40(50)48(42(30)52)20-8-4-2-6-16-44)14-12-26(38(34)36)35-31(53-21-9-17-45)23-29(41(47)51)33(27)37(25)35/h11-14,23-24H,1-10,15-22,43-46H2. The number of rotatable bonds is 20. The molecule has 4 amide bonds. The summed E-state index contributed by atoms with van der Waals surface area (Å²) in [5.74, 6) is -0.466. The van der Waals surface area contributed by atoms with Gasteiger partial charge in [-0.3, -0.25) is 29.0 Å². The number of nitrogens with two attached hydrogens (primary N) is 4. The van der Waals surface area contributed by atoms with E-state index in [2.05, 4.69) is 0 Å². The summed E-state index contributed by atoms with van der Waals surface area (Å²) in [4.78, 5) is 59.5. The van der Waals surface area contributed by atoms with E-state index in [0.29, 0.717) is 144 Å². The molecular formula is C42H50N6O6. The number of carbonyl (C=O) groups excluding carboxylic acids is 4. The summed E-state index contributed by atoms with van der Waals surface area (Å²) in [6.07, 6.45) is 7.89. The smallest absolute Gasteiger partial charge is 0.261 e. The van der Waals surface area contributed by atoms with Crippen molar-refractivity contribution in [3.63, 3.8) is 0 Å². The molecule has 0 aromatic heterocycles. The number of unbranched alkanes of at least 4 members (excludes halogenated alkanes) is 6. The highest BCUT2D eigenvalue weighted by atomic mass is 16.5. The minimum absolute atomic E-state index is 0.301. The van der Waals surface area contributed by atoms with Gasteiger partial charge in [0.25, 0.3) is 23.6 Å². The normalized spacial score (nSPS) is 14.2. The predicted octanol–water partition coefficient (Wildman–Crippen LogP) is 5.42. The number of carbonyl (C=O) groups is 4. The number of benzene rings is 5. The maximum absolute atomic E-state index is 14.3. The lowest BCUT2D eigenvalue weighted by Crippen LogP contribution is -2.41. The lowest BCUT2D eigenvalue weighted by atomic mass is 9.81. The number of hydrogen-bond donors (Lipinski definition) is 4. The Balaban J connectivity index is 1.47. The van der Waals surface area contributed by atoms with Gasteiger partial charge in [-0.1, -0.05) is 37.8 Å². The second kappa shape index (κ2) is 16.2. The van der Waals surface area contributed by atoms with Crippen molar-refractivity contribution >= 4 is 66.7 Å². The average molecular weight is 735 g/mol. The Kier molecular flexibility index (Phi) is 11.3. The summed E-state index contributed by atoms with van der Waals surface area (Å²) in [7, 11) is 0. The molecule has 0 radical (unpaired) electrons. The van der Waals surface area contributed by atoms with E-state index in [4.69, 9.17) is 32.4 Å². The molecule has 2 aliphatic heterocycles. The summed E-state index contributed by atoms with van der Waals surface area (Å²) >= 11 is 0. The average Bonchev–Trinajstić information content (AvgIpc) is 3.18. The van der Waals surface area contributed by atoms with Crippen LogP contribution in [-0.4, -0.2) is 85.9 Å². The van der Waals surface area contributed by atoms with Crippen molar-refractivity contribution in [3.05, 3.63) is 58.7 Å². The maximum Gasteiger partial charge on any atom is 0.261 e. The second-order valence-electron chi connectivity index (χ2n) is 14.3. The van der Waals surface area contributed by atoms with Crippen LogP contribution >= 0.6 is 0 Å². The van der Waals surface area contributed by atoms with Gasteiger partial charge in [0, 0.05) is 56.5 Å². The molecule has 0 atom stereocenters. The monoisotopic (exact) mass is 734 g/mol. The highest BCUT2D eigenvalue weighted by Gasteiger charge is 2.38. The largest absolute Gasteiger partial charge is 0.493 e. The molecule has 0 aliphatic carbocycles. The molecular weight excluding hydrogens is 684 g/mol. The third-order valence-corrected chi connectivity index (χ3v) is 10.8. The van der Waals surface area contributed by atoms with Gasteiger partial charge in [-0.05, 0) is 99.7 Å². The van der Waals surface area contributed by atoms with Crippen LogP contribution in [0.4, 0.5) is 0 Å². The number of hydrogen-bond acceptors (Lipinski definition) is 10. The molecule has 0 saturated carbocycles. The number of ether oxygens (including phenoxy) is 2. The van der Waals surface area contributed by atoms with Crippen LogP contribution in [0, 0.1) is 0 Å². The molecule has 2 aliphatic rings. The SMILES string of the molecule is NCCCCCCN1C(=O)c2ccc3c4c(OCCCN)cc5c6c(ccc(c7c(OCCCN)cc(c2c37)C1=O)c64)C(=O)N(CCCCCCN)C5=O. The van der Waals surface area contributed by atoms with Gasteiger partial charge in [0.1, 0.15) is 11.5 Å². The lowest BCUT2D eigenvalue weighted by molar-refractivity contribution is 0.0592. The Morgan fingerprint density at radius 3 is 1.17 bits per heavy atom. The molecule has 12 heteroatoms. The van der Waals surface area contributed by atoms with E-state index in [-0.39, 0.29) is 23.6 Å². The van der Waals surface area contributed by atoms with Gasteiger partial charge < -0.3 is 32.4 Å². The van der Waals surface area contributed by atoms with Crippen LogP contribution in [0.2, 0.25) is 0 Å².